The van der Waals surface area contributed by atoms with E-state index in [0.717, 1.165) is 64.5 Å². The summed E-state index contributed by atoms with van der Waals surface area (Å²) in [5, 5.41) is 12.7. The van der Waals surface area contributed by atoms with Gasteiger partial charge in [-0.25, -0.2) is 4.79 Å². The molecular weight excluding hydrogens is 482 g/mol. The molecule has 0 bridgehead atoms. The minimum Gasteiger partial charge on any atom is -0.497 e. The molecule has 6 rings (SSSR count). The summed E-state index contributed by atoms with van der Waals surface area (Å²) in [4.78, 5) is 28.3. The van der Waals surface area contributed by atoms with Gasteiger partial charge in [0.05, 0.1) is 31.0 Å². The first-order valence-electron chi connectivity index (χ1n) is 13.4. The summed E-state index contributed by atoms with van der Waals surface area (Å²) in [5.41, 5.74) is 3.76. The number of methoxy groups -OCH3 is 1. The molecule has 0 spiro atoms. The van der Waals surface area contributed by atoms with Crippen LogP contribution in [0, 0.1) is 19.8 Å². The molecule has 38 heavy (non-hydrogen) atoms. The van der Waals surface area contributed by atoms with Gasteiger partial charge in [-0.15, -0.1) is 0 Å². The number of ether oxygens (including phenoxy) is 1. The van der Waals surface area contributed by atoms with Gasteiger partial charge in [-0.3, -0.25) is 4.79 Å². The van der Waals surface area contributed by atoms with Gasteiger partial charge in [-0.1, -0.05) is 25.0 Å². The van der Waals surface area contributed by atoms with E-state index in [9.17, 15) is 14.7 Å². The molecule has 2 aliphatic rings. The quantitative estimate of drug-likeness (QED) is 0.360. The second kappa shape index (κ2) is 9.31. The summed E-state index contributed by atoms with van der Waals surface area (Å²) < 4.78 is 17.1. The van der Waals surface area contributed by atoms with Crippen LogP contribution in [0.25, 0.3) is 33.1 Å². The molecular formula is C31H33NO6. The van der Waals surface area contributed by atoms with Gasteiger partial charge in [0.15, 0.2) is 0 Å². The molecule has 3 heterocycles. The highest BCUT2D eigenvalue weighted by atomic mass is 16.5. The van der Waals surface area contributed by atoms with Crippen molar-refractivity contribution in [3.8, 4) is 16.9 Å². The molecule has 1 saturated heterocycles. The normalized spacial score (nSPS) is 21.6. The number of aryl methyl sites for hydroxylation is 2. The second-order valence-corrected chi connectivity index (χ2v) is 10.9. The Kier molecular flexibility index (Phi) is 6.06. The Bertz CT molecular complexity index is 1610. The van der Waals surface area contributed by atoms with Crippen molar-refractivity contribution in [3.05, 3.63) is 63.7 Å². The van der Waals surface area contributed by atoms with Gasteiger partial charge < -0.3 is 23.6 Å². The third-order valence-electron chi connectivity index (χ3n) is 8.83. The fraction of sp³-hybridized carbons (Fsp3) is 0.419. The van der Waals surface area contributed by atoms with E-state index < -0.39 is 11.2 Å². The highest BCUT2D eigenvalue weighted by Crippen LogP contribution is 2.40. The Hall–Kier alpha value is -3.58. The number of nitrogens with zero attached hydrogens (tertiary/aromatic N) is 1. The number of benzene rings is 2. The van der Waals surface area contributed by atoms with E-state index in [1.54, 1.807) is 13.4 Å². The maximum absolute atomic E-state index is 13.4. The summed E-state index contributed by atoms with van der Waals surface area (Å²) in [5.74, 6) is 0.766. The van der Waals surface area contributed by atoms with Crippen molar-refractivity contribution in [1.29, 1.82) is 0 Å². The fourth-order valence-electron chi connectivity index (χ4n) is 6.48. The highest BCUT2D eigenvalue weighted by Gasteiger charge is 2.43. The van der Waals surface area contributed by atoms with Gasteiger partial charge in [-0.05, 0) is 62.4 Å². The first kappa shape index (κ1) is 24.7. The second-order valence-electron chi connectivity index (χ2n) is 10.9. The molecule has 1 aliphatic carbocycles. The lowest BCUT2D eigenvalue weighted by molar-refractivity contribution is -0.142. The van der Waals surface area contributed by atoms with Crippen LogP contribution < -0.4 is 10.4 Å². The van der Waals surface area contributed by atoms with Crippen molar-refractivity contribution in [2.45, 2.75) is 58.0 Å². The zero-order valence-corrected chi connectivity index (χ0v) is 22.1. The van der Waals surface area contributed by atoms with Gasteiger partial charge in [0.25, 0.3) is 0 Å². The maximum atomic E-state index is 13.4. The number of carbonyl (C=O) groups excluding carboxylic acids is 1. The number of piperidine rings is 1. The minimum absolute atomic E-state index is 0.0134. The third kappa shape index (κ3) is 4.00. The minimum atomic E-state index is -0.652. The summed E-state index contributed by atoms with van der Waals surface area (Å²) in [6.45, 7) is 4.83. The number of fused-ring (bicyclic) bond motifs is 3. The Labute approximate surface area is 221 Å². The fourth-order valence-corrected chi connectivity index (χ4v) is 6.48. The number of furan rings is 1. The largest absolute Gasteiger partial charge is 0.497 e. The summed E-state index contributed by atoms with van der Waals surface area (Å²) >= 11 is 0. The van der Waals surface area contributed by atoms with Crippen LogP contribution >= 0.6 is 0 Å². The predicted octanol–water partition coefficient (Wildman–Crippen LogP) is 5.53. The predicted molar refractivity (Wildman–Crippen MR) is 146 cm³/mol. The zero-order valence-electron chi connectivity index (χ0n) is 22.1. The molecule has 2 aromatic carbocycles. The topological polar surface area (TPSA) is 93.1 Å². The molecule has 198 valence electrons. The summed E-state index contributed by atoms with van der Waals surface area (Å²) in [6.07, 6.45) is 6.18. The molecule has 2 aromatic heterocycles. The van der Waals surface area contributed by atoms with E-state index in [4.69, 9.17) is 13.6 Å². The molecule has 4 aromatic rings. The van der Waals surface area contributed by atoms with E-state index in [-0.39, 0.29) is 18.2 Å². The van der Waals surface area contributed by atoms with Crippen molar-refractivity contribution in [2.75, 3.05) is 20.2 Å². The van der Waals surface area contributed by atoms with Gasteiger partial charge >= 0.3 is 5.63 Å². The van der Waals surface area contributed by atoms with Gasteiger partial charge in [0.1, 0.15) is 16.9 Å². The number of aliphatic hydroxyl groups is 1. The molecule has 2 fully saturated rings. The zero-order chi connectivity index (χ0) is 26.6. The molecule has 0 radical (unpaired) electrons. The van der Waals surface area contributed by atoms with E-state index in [1.165, 1.54) is 0 Å². The summed E-state index contributed by atoms with van der Waals surface area (Å²) in [7, 11) is 1.64. The Morgan fingerprint density at radius 3 is 2.79 bits per heavy atom. The molecule has 1 N–H and O–H groups in total. The smallest absolute Gasteiger partial charge is 0.340 e. The lowest BCUT2D eigenvalue weighted by atomic mass is 9.71. The van der Waals surface area contributed by atoms with E-state index in [2.05, 4.69) is 0 Å². The van der Waals surface area contributed by atoms with Gasteiger partial charge in [0, 0.05) is 40.9 Å². The van der Waals surface area contributed by atoms with Crippen LogP contribution in [0.15, 0.2) is 50.2 Å². The van der Waals surface area contributed by atoms with Crippen LogP contribution in [0.2, 0.25) is 0 Å². The van der Waals surface area contributed by atoms with Crippen LogP contribution in [-0.4, -0.2) is 41.7 Å². The average molecular weight is 516 g/mol. The molecule has 0 unspecified atom stereocenters. The average Bonchev–Trinajstić information content (AvgIpc) is 3.35. The molecule has 7 heteroatoms. The maximum Gasteiger partial charge on any atom is 0.340 e. The number of carbonyl (C=O) groups is 1. The van der Waals surface area contributed by atoms with E-state index in [0.29, 0.717) is 36.2 Å². The van der Waals surface area contributed by atoms with Crippen LogP contribution in [0.5, 0.6) is 5.75 Å². The Morgan fingerprint density at radius 1 is 1.13 bits per heavy atom. The number of likely N-dealkylation sites (tertiary alicyclic amines) is 1. The lowest BCUT2D eigenvalue weighted by Gasteiger charge is -2.47. The van der Waals surface area contributed by atoms with Crippen molar-refractivity contribution < 1.29 is 23.5 Å². The number of rotatable bonds is 4. The highest BCUT2D eigenvalue weighted by molar-refractivity contribution is 6.05. The molecule has 1 aliphatic heterocycles. The van der Waals surface area contributed by atoms with Crippen molar-refractivity contribution in [3.63, 3.8) is 0 Å². The number of hydrogen-bond donors (Lipinski definition) is 1. The van der Waals surface area contributed by atoms with E-state index >= 15 is 0 Å². The molecule has 1 saturated carbocycles. The Morgan fingerprint density at radius 2 is 1.97 bits per heavy atom. The number of hydrogen-bond acceptors (Lipinski definition) is 6. The van der Waals surface area contributed by atoms with Crippen LogP contribution in [0.1, 0.15) is 48.8 Å². The Balaban J connectivity index is 1.37. The van der Waals surface area contributed by atoms with Crippen LogP contribution in [0.3, 0.4) is 0 Å². The van der Waals surface area contributed by atoms with Gasteiger partial charge in [-0.2, -0.15) is 0 Å². The first-order chi connectivity index (χ1) is 18.3. The van der Waals surface area contributed by atoms with Crippen molar-refractivity contribution in [1.82, 2.24) is 4.90 Å². The third-order valence-corrected chi connectivity index (χ3v) is 8.83. The SMILES string of the molecule is COc1cccc(-c2coc3c(C)c4oc(=O)c(CC(=O)N5CC[C@]6(O)CCCC[C@@H]6C5)c(C)c4cc23)c1. The van der Waals surface area contributed by atoms with Crippen LogP contribution in [0.4, 0.5) is 0 Å². The molecule has 7 nitrogen and oxygen atoms in total. The monoisotopic (exact) mass is 515 g/mol. The first-order valence-corrected chi connectivity index (χ1v) is 13.4. The standard InChI is InChI=1S/C31H33NO6/c1-18-23-14-25-26(20-7-6-9-22(13-20)36-3)17-37-28(25)19(2)29(23)38-30(34)24(18)15-27(33)32-12-11-31(35)10-5-4-8-21(31)16-32/h6-7,9,13-14,17,21,35H,4-5,8,10-12,15-16H2,1-3H3/t21-,31-/m1/s1. The van der Waals surface area contributed by atoms with Gasteiger partial charge in [0.2, 0.25) is 5.91 Å². The molecule has 1 amide bonds. The lowest BCUT2D eigenvalue weighted by Crippen LogP contribution is -2.55. The summed E-state index contributed by atoms with van der Waals surface area (Å²) in [6, 6.07) is 9.78. The van der Waals surface area contributed by atoms with Crippen molar-refractivity contribution >= 4 is 27.8 Å². The van der Waals surface area contributed by atoms with Crippen molar-refractivity contribution in [2.24, 2.45) is 5.92 Å². The van der Waals surface area contributed by atoms with E-state index in [1.807, 2.05) is 49.1 Å². The molecule has 2 atom stereocenters. The number of amides is 1. The van der Waals surface area contributed by atoms with Crippen LogP contribution in [-0.2, 0) is 11.2 Å².